The van der Waals surface area contributed by atoms with Gasteiger partial charge in [0.2, 0.25) is 5.91 Å². The number of nitrogens with one attached hydrogen (secondary N) is 1. The summed E-state index contributed by atoms with van der Waals surface area (Å²) >= 11 is 0. The molecule has 13 heavy (non-hydrogen) atoms. The van der Waals surface area contributed by atoms with Gasteiger partial charge >= 0.3 is 0 Å². The summed E-state index contributed by atoms with van der Waals surface area (Å²) in [6, 6.07) is 0. The third kappa shape index (κ3) is 1.57. The van der Waals surface area contributed by atoms with E-state index in [1.807, 2.05) is 4.90 Å². The highest BCUT2D eigenvalue weighted by Gasteiger charge is 2.43. The van der Waals surface area contributed by atoms with E-state index < -0.39 is 5.54 Å². The molecule has 1 saturated carbocycles. The van der Waals surface area contributed by atoms with Crippen molar-refractivity contribution in [3.8, 4) is 0 Å². The number of carbonyl (C=O) groups excluding carboxylic acids is 1. The van der Waals surface area contributed by atoms with Crippen molar-refractivity contribution in [2.45, 2.75) is 44.1 Å². The quantitative estimate of drug-likeness (QED) is 0.599. The number of piperidine rings is 1. The van der Waals surface area contributed by atoms with Gasteiger partial charge in [0.25, 0.3) is 0 Å². The topological polar surface area (TPSA) is 44.1 Å². The Balaban J connectivity index is 1.95. The molecular weight excluding hydrogens is 164 g/mol. The smallest absolute Gasteiger partial charge is 0.244 e. The van der Waals surface area contributed by atoms with E-state index in [0.29, 0.717) is 0 Å². The fourth-order valence-corrected chi connectivity index (χ4v) is 2.14. The molecule has 2 aliphatic rings. The van der Waals surface area contributed by atoms with Crippen LogP contribution in [0, 0.1) is 0 Å². The largest absolute Gasteiger partial charge is 0.341 e. The summed E-state index contributed by atoms with van der Waals surface area (Å²) < 4.78 is 0. The highest BCUT2D eigenvalue weighted by Crippen LogP contribution is 2.33. The molecule has 1 aliphatic carbocycles. The van der Waals surface area contributed by atoms with Gasteiger partial charge in [0, 0.05) is 13.1 Å². The van der Waals surface area contributed by atoms with E-state index in [1.165, 1.54) is 6.42 Å². The monoisotopic (exact) mass is 181 g/mol. The maximum atomic E-state index is 11.8. The number of likely N-dealkylation sites (tertiary alicyclic amines) is 1. The fraction of sp³-hybridized carbons (Fsp3) is 0.900. The van der Waals surface area contributed by atoms with E-state index in [-0.39, 0.29) is 5.91 Å². The first kappa shape index (κ1) is 9.00. The molecule has 3 nitrogen and oxygen atoms in total. The summed E-state index contributed by atoms with van der Waals surface area (Å²) in [5.74, 6) is 0.0958. The minimum atomic E-state index is -0.725. The highest BCUT2D eigenvalue weighted by atomic mass is 16.2. The number of amides is 1. The molecular formula is C10H17N2O. The van der Waals surface area contributed by atoms with Crippen molar-refractivity contribution in [3.63, 3.8) is 0 Å². The lowest BCUT2D eigenvalue weighted by Crippen LogP contribution is -2.55. The lowest BCUT2D eigenvalue weighted by Gasteiger charge is -2.40. The Morgan fingerprint density at radius 3 is 2.15 bits per heavy atom. The highest BCUT2D eigenvalue weighted by molar-refractivity contribution is 5.87. The average Bonchev–Trinajstić information content (AvgIpc) is 2.14. The fourth-order valence-electron chi connectivity index (χ4n) is 2.14. The van der Waals surface area contributed by atoms with Gasteiger partial charge in [0.15, 0.2) is 0 Å². The summed E-state index contributed by atoms with van der Waals surface area (Å²) in [6.45, 7) is 1.78. The zero-order valence-corrected chi connectivity index (χ0v) is 8.01. The van der Waals surface area contributed by atoms with Crippen LogP contribution in [0.25, 0.3) is 0 Å². The molecule has 2 rings (SSSR count). The van der Waals surface area contributed by atoms with Crippen molar-refractivity contribution < 1.29 is 4.79 Å². The SMILES string of the molecule is [NH]C1(C(=O)N2CCCCC2)CCC1. The van der Waals surface area contributed by atoms with Crippen LogP contribution in [0.15, 0.2) is 0 Å². The molecule has 3 heteroatoms. The van der Waals surface area contributed by atoms with Crippen molar-refractivity contribution in [1.29, 1.82) is 0 Å². The van der Waals surface area contributed by atoms with Gasteiger partial charge < -0.3 is 4.90 Å². The Kier molecular flexibility index (Phi) is 2.28. The second-order valence-electron chi connectivity index (χ2n) is 4.29. The summed E-state index contributed by atoms with van der Waals surface area (Å²) in [6.07, 6.45) is 6.12. The Bertz CT molecular complexity index is 205. The van der Waals surface area contributed by atoms with Crippen LogP contribution >= 0.6 is 0 Å². The molecule has 0 unspecified atom stereocenters. The average molecular weight is 181 g/mol. The number of carbonyl (C=O) groups is 1. The molecule has 0 aromatic heterocycles. The normalized spacial score (nSPS) is 26.7. The number of nitrogens with zero attached hydrogens (tertiary/aromatic N) is 1. The number of hydrogen-bond acceptors (Lipinski definition) is 1. The van der Waals surface area contributed by atoms with Crippen molar-refractivity contribution in [3.05, 3.63) is 0 Å². The van der Waals surface area contributed by atoms with Crippen LogP contribution in [0.3, 0.4) is 0 Å². The molecule has 0 aromatic rings. The molecule has 1 heterocycles. The summed E-state index contributed by atoms with van der Waals surface area (Å²) in [7, 11) is 0. The first-order chi connectivity index (χ1) is 6.22. The summed E-state index contributed by atoms with van der Waals surface area (Å²) in [5, 5.41) is 0. The van der Waals surface area contributed by atoms with Crippen molar-refractivity contribution in [2.24, 2.45) is 0 Å². The van der Waals surface area contributed by atoms with E-state index in [4.69, 9.17) is 5.73 Å². The Labute approximate surface area is 79.3 Å². The van der Waals surface area contributed by atoms with Gasteiger partial charge in [-0.25, -0.2) is 5.73 Å². The van der Waals surface area contributed by atoms with Crippen LogP contribution < -0.4 is 5.73 Å². The molecule has 1 N–H and O–H groups in total. The maximum absolute atomic E-state index is 11.8. The summed E-state index contributed by atoms with van der Waals surface area (Å²) in [4.78, 5) is 13.7. The van der Waals surface area contributed by atoms with Crippen LogP contribution in [0.5, 0.6) is 0 Å². The molecule has 0 spiro atoms. The van der Waals surface area contributed by atoms with E-state index >= 15 is 0 Å². The lowest BCUT2D eigenvalue weighted by atomic mass is 9.76. The number of hydrogen-bond donors (Lipinski definition) is 0. The van der Waals surface area contributed by atoms with Crippen LogP contribution in [0.2, 0.25) is 0 Å². The van der Waals surface area contributed by atoms with Crippen LogP contribution in [-0.4, -0.2) is 29.4 Å². The molecule has 0 atom stereocenters. The second-order valence-corrected chi connectivity index (χ2v) is 4.29. The lowest BCUT2D eigenvalue weighted by molar-refractivity contribution is -0.141. The second kappa shape index (κ2) is 3.29. The van der Waals surface area contributed by atoms with Crippen LogP contribution in [0.1, 0.15) is 38.5 Å². The molecule has 1 amide bonds. The van der Waals surface area contributed by atoms with E-state index in [2.05, 4.69) is 0 Å². The maximum Gasteiger partial charge on any atom is 0.244 e. The molecule has 73 valence electrons. The standard InChI is InChI=1S/C10H17N2O/c11-10(5-4-6-10)9(13)12-7-2-1-3-8-12/h11H,1-8H2. The van der Waals surface area contributed by atoms with E-state index in [9.17, 15) is 4.79 Å². The third-order valence-electron chi connectivity index (χ3n) is 3.26. The Hall–Kier alpha value is -0.570. The van der Waals surface area contributed by atoms with Gasteiger partial charge in [-0.2, -0.15) is 0 Å². The van der Waals surface area contributed by atoms with Gasteiger partial charge in [0.1, 0.15) is 5.54 Å². The van der Waals surface area contributed by atoms with Crippen LogP contribution in [-0.2, 0) is 4.79 Å². The zero-order chi connectivity index (χ0) is 9.31. The van der Waals surface area contributed by atoms with Gasteiger partial charge in [-0.3, -0.25) is 4.79 Å². The number of rotatable bonds is 1. The molecule has 1 radical (unpaired) electrons. The zero-order valence-electron chi connectivity index (χ0n) is 8.01. The van der Waals surface area contributed by atoms with Gasteiger partial charge in [0.05, 0.1) is 0 Å². The Morgan fingerprint density at radius 2 is 1.69 bits per heavy atom. The first-order valence-electron chi connectivity index (χ1n) is 5.27. The van der Waals surface area contributed by atoms with Gasteiger partial charge in [-0.1, -0.05) is 0 Å². The van der Waals surface area contributed by atoms with Crippen molar-refractivity contribution >= 4 is 5.91 Å². The Morgan fingerprint density at radius 1 is 1.08 bits per heavy atom. The molecule has 2 fully saturated rings. The van der Waals surface area contributed by atoms with E-state index in [0.717, 1.165) is 45.2 Å². The minimum Gasteiger partial charge on any atom is -0.341 e. The molecule has 0 bridgehead atoms. The van der Waals surface area contributed by atoms with E-state index in [1.54, 1.807) is 0 Å². The first-order valence-corrected chi connectivity index (χ1v) is 5.27. The molecule has 1 saturated heterocycles. The summed E-state index contributed by atoms with van der Waals surface area (Å²) in [5.41, 5.74) is 7.19. The van der Waals surface area contributed by atoms with Gasteiger partial charge in [-0.05, 0) is 38.5 Å². The predicted octanol–water partition coefficient (Wildman–Crippen LogP) is 1.20. The van der Waals surface area contributed by atoms with Gasteiger partial charge in [-0.15, -0.1) is 0 Å². The van der Waals surface area contributed by atoms with Crippen molar-refractivity contribution in [2.75, 3.05) is 13.1 Å². The third-order valence-corrected chi connectivity index (χ3v) is 3.26. The van der Waals surface area contributed by atoms with Crippen molar-refractivity contribution in [1.82, 2.24) is 10.6 Å². The van der Waals surface area contributed by atoms with Crippen LogP contribution in [0.4, 0.5) is 0 Å². The predicted molar refractivity (Wildman–Crippen MR) is 50.1 cm³/mol. The molecule has 1 aliphatic heterocycles. The minimum absolute atomic E-state index is 0.0958. The molecule has 0 aromatic carbocycles.